The molecule has 158 valence electrons. The molecule has 2 heterocycles. The van der Waals surface area contributed by atoms with E-state index >= 15 is 0 Å². The Kier molecular flexibility index (Phi) is 6.29. The first-order valence-electron chi connectivity index (χ1n) is 9.27. The van der Waals surface area contributed by atoms with Gasteiger partial charge >= 0.3 is 0 Å². The van der Waals surface area contributed by atoms with Gasteiger partial charge in [-0.15, -0.1) is 0 Å². The van der Waals surface area contributed by atoms with Crippen LogP contribution in [-0.2, 0) is 21.2 Å². The zero-order chi connectivity index (χ0) is 21.3. The average molecular weight is 484 g/mol. The van der Waals surface area contributed by atoms with E-state index in [0.717, 1.165) is 5.56 Å². The smallest absolute Gasteiger partial charge is 0.234 e. The summed E-state index contributed by atoms with van der Waals surface area (Å²) in [4.78, 5) is 19.0. The minimum Gasteiger partial charge on any atom is -0.341 e. The number of thioether (sulfide) groups is 1. The van der Waals surface area contributed by atoms with Gasteiger partial charge in [-0.25, -0.2) is 8.42 Å². The van der Waals surface area contributed by atoms with Crippen LogP contribution in [-0.4, -0.2) is 53.7 Å². The van der Waals surface area contributed by atoms with E-state index in [2.05, 4.69) is 10.3 Å². The van der Waals surface area contributed by atoms with E-state index < -0.39 is 9.84 Å². The molecule has 6 nitrogen and oxygen atoms in total. The van der Waals surface area contributed by atoms with Gasteiger partial charge in [0.15, 0.2) is 15.0 Å². The van der Waals surface area contributed by atoms with Crippen molar-refractivity contribution in [3.8, 4) is 0 Å². The molecule has 1 fully saturated rings. The number of aliphatic imine (C=N–C) groups is 1. The fourth-order valence-electron chi connectivity index (χ4n) is 3.57. The molecule has 4 rings (SSSR count). The highest BCUT2D eigenvalue weighted by molar-refractivity contribution is 8.14. The molecular formula is C20H19Cl2N3O3S2. The minimum atomic E-state index is -3.11. The monoisotopic (exact) mass is 483 g/mol. The van der Waals surface area contributed by atoms with Crippen molar-refractivity contribution >= 4 is 61.6 Å². The van der Waals surface area contributed by atoms with Gasteiger partial charge in [0, 0.05) is 22.3 Å². The van der Waals surface area contributed by atoms with Crippen molar-refractivity contribution in [2.24, 2.45) is 4.99 Å². The maximum absolute atomic E-state index is 12.4. The first-order chi connectivity index (χ1) is 14.3. The van der Waals surface area contributed by atoms with Crippen LogP contribution in [0.15, 0.2) is 53.5 Å². The summed E-state index contributed by atoms with van der Waals surface area (Å²) in [5.74, 6) is 0.108. The van der Waals surface area contributed by atoms with Gasteiger partial charge in [-0.05, 0) is 35.9 Å². The molecule has 2 aromatic rings. The number of nitrogens with one attached hydrogen (secondary N) is 1. The predicted octanol–water partition coefficient (Wildman–Crippen LogP) is 3.70. The highest BCUT2D eigenvalue weighted by Gasteiger charge is 2.46. The summed E-state index contributed by atoms with van der Waals surface area (Å²) in [6, 6.07) is 13.9. The first kappa shape index (κ1) is 21.5. The zero-order valence-electron chi connectivity index (χ0n) is 15.8. The van der Waals surface area contributed by atoms with Gasteiger partial charge in [-0.3, -0.25) is 9.79 Å². The van der Waals surface area contributed by atoms with Crippen LogP contribution in [0.2, 0.25) is 10.0 Å². The molecule has 0 radical (unpaired) electrons. The SMILES string of the molecule is O=C(CSC1=NC2CS(=O)(=O)CC2N1Cc1ccc(Cl)cc1)Nc1cccc(Cl)c1. The molecule has 0 aliphatic carbocycles. The number of carbonyl (C=O) groups is 1. The number of amidine groups is 1. The zero-order valence-corrected chi connectivity index (χ0v) is 18.9. The lowest BCUT2D eigenvalue weighted by molar-refractivity contribution is -0.113. The second-order valence-electron chi connectivity index (χ2n) is 7.22. The van der Waals surface area contributed by atoms with Crippen LogP contribution < -0.4 is 5.32 Å². The van der Waals surface area contributed by atoms with E-state index in [0.29, 0.717) is 27.4 Å². The maximum atomic E-state index is 12.4. The average Bonchev–Trinajstić information content (AvgIpc) is 3.14. The number of benzene rings is 2. The number of sulfone groups is 1. The van der Waals surface area contributed by atoms with Crippen LogP contribution >= 0.6 is 35.0 Å². The molecule has 1 amide bonds. The van der Waals surface area contributed by atoms with Gasteiger partial charge in [0.2, 0.25) is 5.91 Å². The Morgan fingerprint density at radius 1 is 1.13 bits per heavy atom. The van der Waals surface area contributed by atoms with Gasteiger partial charge in [-0.1, -0.05) is 53.2 Å². The second-order valence-corrected chi connectivity index (χ2v) is 11.2. The van der Waals surface area contributed by atoms with Crippen LogP contribution in [0.5, 0.6) is 0 Å². The Labute approximate surface area is 189 Å². The number of fused-ring (bicyclic) bond motifs is 1. The number of hydrogen-bond acceptors (Lipinski definition) is 6. The predicted molar refractivity (Wildman–Crippen MR) is 123 cm³/mol. The third kappa shape index (κ3) is 5.11. The summed E-state index contributed by atoms with van der Waals surface area (Å²) in [6.07, 6.45) is 0. The Morgan fingerprint density at radius 2 is 1.90 bits per heavy atom. The molecule has 2 aliphatic heterocycles. The molecule has 10 heteroatoms. The number of hydrogen-bond donors (Lipinski definition) is 1. The Morgan fingerprint density at radius 3 is 2.63 bits per heavy atom. The number of halogens is 2. The summed E-state index contributed by atoms with van der Waals surface area (Å²) in [7, 11) is -3.11. The lowest BCUT2D eigenvalue weighted by Crippen LogP contribution is -2.38. The fraction of sp³-hybridized carbons (Fsp3) is 0.300. The van der Waals surface area contributed by atoms with Crippen molar-refractivity contribution in [2.45, 2.75) is 18.6 Å². The van der Waals surface area contributed by atoms with Crippen LogP contribution in [0, 0.1) is 0 Å². The lowest BCUT2D eigenvalue weighted by atomic mass is 10.1. The van der Waals surface area contributed by atoms with Crippen LogP contribution in [0.3, 0.4) is 0 Å². The summed E-state index contributed by atoms with van der Waals surface area (Å²) in [5.41, 5.74) is 1.63. The van der Waals surface area contributed by atoms with Gasteiger partial charge in [0.05, 0.1) is 29.3 Å². The minimum absolute atomic E-state index is 0.0492. The summed E-state index contributed by atoms with van der Waals surface area (Å²) in [6.45, 7) is 0.510. The van der Waals surface area contributed by atoms with Crippen LogP contribution in [0.1, 0.15) is 5.56 Å². The van der Waals surface area contributed by atoms with Gasteiger partial charge in [0.1, 0.15) is 0 Å². The molecular weight excluding hydrogens is 465 g/mol. The van der Waals surface area contributed by atoms with Crippen molar-refractivity contribution in [2.75, 3.05) is 22.6 Å². The number of anilines is 1. The lowest BCUT2D eigenvalue weighted by Gasteiger charge is -2.26. The molecule has 0 saturated carbocycles. The van der Waals surface area contributed by atoms with Crippen LogP contribution in [0.25, 0.3) is 0 Å². The van der Waals surface area contributed by atoms with Crippen molar-refractivity contribution in [3.63, 3.8) is 0 Å². The van der Waals surface area contributed by atoms with E-state index in [1.807, 2.05) is 17.0 Å². The van der Waals surface area contributed by atoms with Crippen molar-refractivity contribution < 1.29 is 13.2 Å². The van der Waals surface area contributed by atoms with Crippen molar-refractivity contribution in [3.05, 3.63) is 64.1 Å². The van der Waals surface area contributed by atoms with Gasteiger partial charge in [-0.2, -0.15) is 0 Å². The molecule has 2 aliphatic rings. The number of amides is 1. The normalized spacial score (nSPS) is 21.9. The third-order valence-corrected chi connectivity index (χ3v) is 8.11. The summed E-state index contributed by atoms with van der Waals surface area (Å²) < 4.78 is 24.2. The Balaban J connectivity index is 1.45. The Bertz CT molecular complexity index is 1090. The standard InChI is InChI=1S/C20H19Cl2N3O3S2/c21-14-6-4-13(5-7-14)9-25-18-12-30(27,28)11-17(18)24-20(25)29-10-19(26)23-16-3-1-2-15(22)8-16/h1-8,17-18H,9-12H2,(H,23,26). The first-order valence-corrected chi connectivity index (χ1v) is 12.8. The maximum Gasteiger partial charge on any atom is 0.234 e. The van der Waals surface area contributed by atoms with E-state index in [9.17, 15) is 13.2 Å². The van der Waals surface area contributed by atoms with Gasteiger partial charge < -0.3 is 10.2 Å². The van der Waals surface area contributed by atoms with E-state index in [-0.39, 0.29) is 35.2 Å². The molecule has 0 spiro atoms. The van der Waals surface area contributed by atoms with Crippen molar-refractivity contribution in [1.29, 1.82) is 0 Å². The number of carbonyl (C=O) groups excluding carboxylic acids is 1. The number of nitrogens with zero attached hydrogens (tertiary/aromatic N) is 2. The molecule has 30 heavy (non-hydrogen) atoms. The van der Waals surface area contributed by atoms with Crippen LogP contribution in [0.4, 0.5) is 5.69 Å². The Hall–Kier alpha value is -1.74. The molecule has 2 atom stereocenters. The van der Waals surface area contributed by atoms with Crippen molar-refractivity contribution in [1.82, 2.24) is 4.90 Å². The molecule has 0 bridgehead atoms. The number of rotatable bonds is 5. The second kappa shape index (κ2) is 8.78. The highest BCUT2D eigenvalue weighted by atomic mass is 35.5. The summed E-state index contributed by atoms with van der Waals surface area (Å²) in [5, 5.41) is 4.69. The fourth-order valence-corrected chi connectivity index (χ4v) is 6.67. The van der Waals surface area contributed by atoms with E-state index in [1.165, 1.54) is 11.8 Å². The molecule has 2 aromatic carbocycles. The molecule has 1 N–H and O–H groups in total. The quantitative estimate of drug-likeness (QED) is 0.700. The van der Waals surface area contributed by atoms with E-state index in [1.54, 1.807) is 36.4 Å². The molecule has 0 aromatic heterocycles. The molecule has 2 unspecified atom stereocenters. The van der Waals surface area contributed by atoms with Gasteiger partial charge in [0.25, 0.3) is 0 Å². The van der Waals surface area contributed by atoms with E-state index in [4.69, 9.17) is 23.2 Å². The summed E-state index contributed by atoms with van der Waals surface area (Å²) >= 11 is 13.2. The highest BCUT2D eigenvalue weighted by Crippen LogP contribution is 2.32. The largest absolute Gasteiger partial charge is 0.341 e. The topological polar surface area (TPSA) is 78.8 Å². The molecule has 1 saturated heterocycles. The third-order valence-electron chi connectivity index (χ3n) is 4.92.